The third kappa shape index (κ3) is 19.1. The zero-order valence-electron chi connectivity index (χ0n) is 53.6. The van der Waals surface area contributed by atoms with Crippen LogP contribution in [0.3, 0.4) is 0 Å². The van der Waals surface area contributed by atoms with Crippen molar-refractivity contribution in [2.24, 2.45) is 0 Å². The zero-order chi connectivity index (χ0) is 71.8. The van der Waals surface area contributed by atoms with Crippen LogP contribution in [0.1, 0.15) is 97.5 Å². The summed E-state index contributed by atoms with van der Waals surface area (Å²) in [5.74, 6) is -3.61. The summed E-state index contributed by atoms with van der Waals surface area (Å²) in [4.78, 5) is 94.8. The number of nitrogen functional groups attached to an aromatic ring is 1. The van der Waals surface area contributed by atoms with E-state index >= 15 is 0 Å². The Morgan fingerprint density at radius 1 is 0.404 bits per heavy atom. The molecular weight excluding hydrogens is 1460 g/mol. The van der Waals surface area contributed by atoms with Gasteiger partial charge in [0.25, 0.3) is 17.7 Å². The Labute approximate surface area is 617 Å². The van der Waals surface area contributed by atoms with Crippen molar-refractivity contribution < 1.29 is 52.9 Å². The first-order valence-corrected chi connectivity index (χ1v) is 35.2. The van der Waals surface area contributed by atoms with E-state index in [1.165, 1.54) is 84.5 Å². The van der Waals surface area contributed by atoms with Gasteiger partial charge in [0, 0.05) is 46.7 Å². The fraction of sp³-hybridized carbons (Fsp3) is 0.122. The second-order valence-electron chi connectivity index (χ2n) is 21.5. The number of amides is 3. The van der Waals surface area contributed by atoms with Crippen LogP contribution in [0.25, 0.3) is 41.8 Å². The molecule has 0 aliphatic carbocycles. The summed E-state index contributed by atoms with van der Waals surface area (Å²) in [5, 5.41) is 14.5. The molecule has 7 aromatic carbocycles. The number of hydrogen-bond donors (Lipinski definition) is 3. The Kier molecular flexibility index (Phi) is 27.1. The van der Waals surface area contributed by atoms with E-state index in [1.54, 1.807) is 53.4 Å². The Hall–Kier alpha value is -8.83. The standard InChI is InChI=1S/C22H19Cl2NO3S.C21H17Cl2NO3S.C19H13Cl2NO3S.C12H11NO2S/c1-13(2)25(21(26)16-10-9-15(23)11-17(16)24)18-12-19(14-7-5-4-6-8-14)29-20(18)22(27)28-3;1-12(2)24(20(25)15-9-8-14(22)10-16(15)23)17-11-18(28-19(17)21(26)27)13-6-4-3-5-7-13;1-25-19(24)17-15(10-16(26-17)11-5-3-2-4-6-11)22-18(23)13-8-7-12(20)9-14(13)21;1-15-12(14)11-9(13)7-10(16-11)8-5-3-2-4-6-8/h4-13H,1-3H3;3-12H,1-2H3,(H,26,27);2-10H,1H3,(H,22,23);2-7H,13H2,1H3. The second kappa shape index (κ2) is 35.3. The van der Waals surface area contributed by atoms with Gasteiger partial charge < -0.3 is 40.2 Å². The van der Waals surface area contributed by atoms with Crippen molar-refractivity contribution in [2.45, 2.75) is 39.8 Å². The Balaban J connectivity index is 0.000000171. The molecule has 0 spiro atoms. The molecule has 11 rings (SSSR count). The quantitative estimate of drug-likeness (QED) is 0.0609. The van der Waals surface area contributed by atoms with Gasteiger partial charge in [0.15, 0.2) is 0 Å². The molecule has 3 amide bonds. The summed E-state index contributed by atoms with van der Waals surface area (Å²) < 4.78 is 14.5. The van der Waals surface area contributed by atoms with Gasteiger partial charge in [0.2, 0.25) is 0 Å². The molecule has 0 aliphatic rings. The molecule has 0 saturated heterocycles. The summed E-state index contributed by atoms with van der Waals surface area (Å²) in [7, 11) is 3.97. The number of carboxylic acids is 1. The largest absolute Gasteiger partial charge is 0.477 e. The number of nitrogens with one attached hydrogen (secondary N) is 1. The number of esters is 3. The number of halogens is 6. The maximum absolute atomic E-state index is 13.4. The lowest BCUT2D eigenvalue weighted by Gasteiger charge is -2.27. The number of methoxy groups -OCH3 is 3. The van der Waals surface area contributed by atoms with E-state index in [9.17, 15) is 38.7 Å². The number of hydrogen-bond acceptors (Lipinski definition) is 15. The van der Waals surface area contributed by atoms with Gasteiger partial charge in [-0.1, -0.05) is 191 Å². The van der Waals surface area contributed by atoms with Crippen LogP contribution in [0.5, 0.6) is 0 Å². The summed E-state index contributed by atoms with van der Waals surface area (Å²) in [6.45, 7) is 7.41. The van der Waals surface area contributed by atoms with Gasteiger partial charge in [-0.3, -0.25) is 14.4 Å². The van der Waals surface area contributed by atoms with Crippen molar-refractivity contribution in [3.8, 4) is 41.8 Å². The van der Waals surface area contributed by atoms with E-state index < -0.39 is 23.8 Å². The number of anilines is 4. The van der Waals surface area contributed by atoms with Gasteiger partial charge >= 0.3 is 23.9 Å². The Morgan fingerprint density at radius 2 is 0.717 bits per heavy atom. The number of benzene rings is 7. The lowest BCUT2D eigenvalue weighted by atomic mass is 10.1. The molecule has 99 heavy (non-hydrogen) atoms. The van der Waals surface area contributed by atoms with Crippen LogP contribution in [0, 0.1) is 0 Å². The molecule has 0 fully saturated rings. The molecule has 25 heteroatoms. The fourth-order valence-corrected chi connectivity index (χ4v) is 15.1. The zero-order valence-corrected chi connectivity index (χ0v) is 61.4. The number of carbonyl (C=O) groups is 7. The van der Waals surface area contributed by atoms with E-state index in [0.29, 0.717) is 58.0 Å². The minimum atomic E-state index is -1.08. The third-order valence-electron chi connectivity index (χ3n) is 14.2. The molecule has 0 bridgehead atoms. The molecular formula is C74H60Cl6N4O11S4. The molecule has 0 atom stereocenters. The summed E-state index contributed by atoms with van der Waals surface area (Å²) in [5.41, 5.74) is 12.1. The minimum Gasteiger partial charge on any atom is -0.477 e. The van der Waals surface area contributed by atoms with E-state index in [4.69, 9.17) is 84.8 Å². The molecule has 0 radical (unpaired) electrons. The van der Waals surface area contributed by atoms with Crippen LogP contribution < -0.4 is 20.9 Å². The van der Waals surface area contributed by atoms with Gasteiger partial charge in [-0.15, -0.1) is 45.3 Å². The molecule has 4 N–H and O–H groups in total. The van der Waals surface area contributed by atoms with Crippen LogP contribution in [0.2, 0.25) is 30.1 Å². The third-order valence-corrected chi connectivity index (χ3v) is 20.5. The molecule has 15 nitrogen and oxygen atoms in total. The van der Waals surface area contributed by atoms with Crippen molar-refractivity contribution in [1.82, 2.24) is 0 Å². The van der Waals surface area contributed by atoms with Crippen LogP contribution in [0.15, 0.2) is 200 Å². The molecule has 0 unspecified atom stereocenters. The molecule has 11 aromatic rings. The topological polar surface area (TPSA) is 212 Å². The van der Waals surface area contributed by atoms with Crippen LogP contribution in [-0.2, 0) is 14.2 Å². The van der Waals surface area contributed by atoms with Gasteiger partial charge in [-0.25, -0.2) is 19.2 Å². The molecule has 508 valence electrons. The molecule has 0 saturated carbocycles. The van der Waals surface area contributed by atoms with E-state index in [-0.39, 0.29) is 60.9 Å². The van der Waals surface area contributed by atoms with Crippen LogP contribution in [-0.4, -0.2) is 80.1 Å². The van der Waals surface area contributed by atoms with E-state index in [0.717, 1.165) is 53.1 Å². The summed E-state index contributed by atoms with van der Waals surface area (Å²) in [6.07, 6.45) is 0. The van der Waals surface area contributed by atoms with Crippen molar-refractivity contribution in [3.63, 3.8) is 0 Å². The van der Waals surface area contributed by atoms with Gasteiger partial charge in [0.1, 0.15) is 19.5 Å². The van der Waals surface area contributed by atoms with Gasteiger partial charge in [0.05, 0.1) is 75.8 Å². The predicted molar refractivity (Wildman–Crippen MR) is 406 cm³/mol. The number of nitrogens with zero attached hydrogens (tertiary/aromatic N) is 2. The maximum atomic E-state index is 13.4. The number of aromatic carboxylic acids is 1. The average molecular weight is 1520 g/mol. The Bertz CT molecular complexity index is 4720. The molecule has 4 heterocycles. The smallest absolute Gasteiger partial charge is 0.350 e. The summed E-state index contributed by atoms with van der Waals surface area (Å²) in [6, 6.07) is 59.1. The number of carbonyl (C=O) groups excluding carboxylic acids is 6. The van der Waals surface area contributed by atoms with E-state index in [2.05, 4.69) is 10.1 Å². The van der Waals surface area contributed by atoms with Crippen molar-refractivity contribution in [1.29, 1.82) is 0 Å². The van der Waals surface area contributed by atoms with Gasteiger partial charge in [-0.05, 0) is 129 Å². The molecule has 0 aliphatic heterocycles. The van der Waals surface area contributed by atoms with Crippen molar-refractivity contribution in [3.05, 3.63) is 267 Å². The second-order valence-corrected chi connectivity index (χ2v) is 28.2. The predicted octanol–water partition coefficient (Wildman–Crippen LogP) is 21.6. The monoisotopic (exact) mass is 1520 g/mol. The highest BCUT2D eigenvalue weighted by molar-refractivity contribution is 7.19. The first-order valence-electron chi connectivity index (χ1n) is 29.7. The van der Waals surface area contributed by atoms with Crippen LogP contribution >= 0.6 is 115 Å². The van der Waals surface area contributed by atoms with Crippen molar-refractivity contribution >= 4 is 179 Å². The highest BCUT2D eigenvalue weighted by atomic mass is 35.5. The first kappa shape index (κ1) is 75.9. The highest BCUT2D eigenvalue weighted by Gasteiger charge is 2.32. The highest BCUT2D eigenvalue weighted by Crippen LogP contribution is 2.42. The fourth-order valence-electron chi connectivity index (χ4n) is 9.57. The number of thiophene rings is 4. The van der Waals surface area contributed by atoms with Crippen LogP contribution in [0.4, 0.5) is 22.7 Å². The molecule has 4 aromatic heterocycles. The summed E-state index contributed by atoms with van der Waals surface area (Å²) >= 11 is 41.4. The van der Waals surface area contributed by atoms with Crippen molar-refractivity contribution in [2.75, 3.05) is 42.2 Å². The maximum Gasteiger partial charge on any atom is 0.350 e. The SMILES string of the molecule is CC(C)N(C(=O)c1ccc(Cl)cc1Cl)c1cc(-c2ccccc2)sc1C(=O)O.COC(=O)c1sc(-c2ccccc2)cc1N.COC(=O)c1sc(-c2ccccc2)cc1N(C(=O)c1ccc(Cl)cc1Cl)C(C)C.COC(=O)c1sc(-c2ccccc2)cc1NC(=O)c1ccc(Cl)cc1Cl. The van der Waals surface area contributed by atoms with E-state index in [1.807, 2.05) is 155 Å². The Morgan fingerprint density at radius 3 is 1.08 bits per heavy atom. The lowest BCUT2D eigenvalue weighted by Crippen LogP contribution is -2.37. The number of ether oxygens (including phenoxy) is 3. The number of nitrogens with two attached hydrogens (primary N) is 1. The normalized spacial score (nSPS) is 10.6. The number of carboxylic acid groups (broad SMARTS) is 1. The minimum absolute atomic E-state index is 0.103. The lowest BCUT2D eigenvalue weighted by molar-refractivity contribution is 0.0597. The average Bonchev–Trinajstić information content (AvgIpc) is 1.70. The number of rotatable bonds is 16. The first-order chi connectivity index (χ1) is 47.3. The van der Waals surface area contributed by atoms with Gasteiger partial charge in [-0.2, -0.15) is 0 Å².